The molecule has 10 atom stereocenters. The topological polar surface area (TPSA) is 124 Å². The molecule has 3 saturated heterocycles. The fourth-order valence-corrected chi connectivity index (χ4v) is 22.9. The van der Waals surface area contributed by atoms with Crippen molar-refractivity contribution in [2.24, 2.45) is 0 Å². The third-order valence-electron chi connectivity index (χ3n) is 26.1. The maximum Gasteiger partial charge on any atom is 0.104 e. The molecule has 4 aliphatic carbocycles. The number of benzene rings is 1. The number of pyridine rings is 3. The van der Waals surface area contributed by atoms with Gasteiger partial charge in [-0.2, -0.15) is 0 Å². The van der Waals surface area contributed by atoms with E-state index in [4.69, 9.17) is 38.6 Å². The van der Waals surface area contributed by atoms with Gasteiger partial charge in [0.1, 0.15) is 6.10 Å². The molecule has 94 heavy (non-hydrogen) atoms. The minimum atomic E-state index is -0.209. The van der Waals surface area contributed by atoms with Gasteiger partial charge >= 0.3 is 0 Å². The number of hydrogen-bond acceptors (Lipinski definition) is 14. The first-order valence-corrected chi connectivity index (χ1v) is 38.9. The highest BCUT2D eigenvalue weighted by Crippen LogP contribution is 2.57. The Morgan fingerprint density at radius 3 is 1.77 bits per heavy atom. The zero-order valence-electron chi connectivity index (χ0n) is 56.3. The molecular formula is C80H105N7O5S2. The van der Waals surface area contributed by atoms with Crippen LogP contribution < -0.4 is 16.0 Å². The number of ether oxygens (including phenoxy) is 5. The van der Waals surface area contributed by atoms with Crippen molar-refractivity contribution in [1.29, 1.82) is 0 Å². The van der Waals surface area contributed by atoms with Crippen LogP contribution in [0.4, 0.5) is 0 Å². The third kappa shape index (κ3) is 12.8. The van der Waals surface area contributed by atoms with E-state index in [2.05, 4.69) is 130 Å². The molecule has 3 N–H and O–H groups in total. The monoisotopic (exact) mass is 1310 g/mol. The van der Waals surface area contributed by atoms with Gasteiger partial charge in [0.25, 0.3) is 0 Å². The first-order chi connectivity index (χ1) is 46.1. The van der Waals surface area contributed by atoms with Crippen LogP contribution in [0.1, 0.15) is 244 Å². The molecule has 16 rings (SSSR count). The van der Waals surface area contributed by atoms with E-state index in [1.807, 2.05) is 28.9 Å². The van der Waals surface area contributed by atoms with Crippen LogP contribution in [0, 0.1) is 0 Å². The summed E-state index contributed by atoms with van der Waals surface area (Å²) in [6, 6.07) is 30.5. The summed E-state index contributed by atoms with van der Waals surface area (Å²) in [6.07, 6.45) is 36.0. The molecule has 1 aromatic carbocycles. The molecule has 10 aliphatic rings. The predicted molar refractivity (Wildman–Crippen MR) is 376 cm³/mol. The van der Waals surface area contributed by atoms with Gasteiger partial charge in [-0.05, 0) is 247 Å². The summed E-state index contributed by atoms with van der Waals surface area (Å²) >= 11 is 3.79. The molecule has 11 heterocycles. The van der Waals surface area contributed by atoms with Crippen LogP contribution in [0.3, 0.4) is 0 Å². The quantitative estimate of drug-likeness (QED) is 0.0631. The van der Waals surface area contributed by atoms with Gasteiger partial charge < -0.3 is 39.6 Å². The van der Waals surface area contributed by atoms with Crippen LogP contribution in [0.5, 0.6) is 0 Å². The number of thiophene rings is 2. The van der Waals surface area contributed by atoms with Crippen molar-refractivity contribution in [2.45, 2.75) is 235 Å². The standard InChI is InChI=1S/C80H105N7O5S2/c1-87-40-20-58-11-3-4-12-63(58)66(87)51-81-37-30-76(72-17-15-62(50-86-72)59-18-28-79(47-59)55-75(34-43-91-79,70-13-5-10-36-84-70)32-38-82-52-67-64-22-45-93-69(64)21-41-88-67)35-44-92-80(56-76)29-19-60(48-80)61-14-16-71(85-49-61)74(33-42-90-78(54-74)26-8-9-27-78)31-39-83-53-68-73-65(23-46-94-73)77(57-89-68)24-6-2-7-25-77/h3-5,10-17,22-23,36,45-46,49-50,59-60,66-68,81-83H,2,6-9,18-21,24-35,37-44,47-48,51-57H2,1H3/t59?,60?,66?,67?,68?,74-,75-,76-,79?,80?/m1/s1. The van der Waals surface area contributed by atoms with Crippen molar-refractivity contribution >= 4 is 22.7 Å². The zero-order valence-corrected chi connectivity index (χ0v) is 57.9. The number of nitrogens with one attached hydrogen (secondary N) is 3. The molecule has 4 saturated carbocycles. The normalized spacial score (nSPS) is 32.9. The number of fused-ring (bicyclic) bond motifs is 4. The summed E-state index contributed by atoms with van der Waals surface area (Å²) < 4.78 is 34.1. The van der Waals surface area contributed by atoms with E-state index in [1.54, 1.807) is 5.56 Å². The molecule has 0 bridgehead atoms. The Labute approximate surface area is 568 Å². The number of hydrogen-bond donors (Lipinski definition) is 3. The van der Waals surface area contributed by atoms with E-state index in [-0.39, 0.29) is 50.7 Å². The second-order valence-electron chi connectivity index (χ2n) is 31.5. The summed E-state index contributed by atoms with van der Waals surface area (Å²) in [5, 5.41) is 16.4. The fraction of sp³-hybridized carbons (Fsp3) is 0.637. The Morgan fingerprint density at radius 2 is 1.12 bits per heavy atom. The lowest BCUT2D eigenvalue weighted by Crippen LogP contribution is -2.48. The van der Waals surface area contributed by atoms with Gasteiger partial charge in [0, 0.05) is 126 Å². The van der Waals surface area contributed by atoms with Crippen LogP contribution in [-0.4, -0.2) is 123 Å². The van der Waals surface area contributed by atoms with Crippen molar-refractivity contribution in [3.8, 4) is 0 Å². The van der Waals surface area contributed by atoms with Crippen LogP contribution in [0.2, 0.25) is 0 Å². The van der Waals surface area contributed by atoms with E-state index >= 15 is 0 Å². The Morgan fingerprint density at radius 1 is 0.521 bits per heavy atom. The number of aromatic nitrogens is 3. The number of likely N-dealkylation sites (N-methyl/N-ethyl adjacent to an activating group) is 1. The van der Waals surface area contributed by atoms with Crippen molar-refractivity contribution < 1.29 is 23.7 Å². The van der Waals surface area contributed by atoms with Crippen LogP contribution in [0.25, 0.3) is 0 Å². The summed E-state index contributed by atoms with van der Waals surface area (Å²) in [7, 11) is 2.30. The van der Waals surface area contributed by atoms with E-state index < -0.39 is 0 Å². The molecule has 0 radical (unpaired) electrons. The summed E-state index contributed by atoms with van der Waals surface area (Å²) in [5.74, 6) is 0.807. The molecule has 502 valence electrons. The second-order valence-corrected chi connectivity index (χ2v) is 33.5. The molecule has 7 fully saturated rings. The highest BCUT2D eigenvalue weighted by molar-refractivity contribution is 7.10. The maximum atomic E-state index is 7.19. The summed E-state index contributed by atoms with van der Waals surface area (Å²) in [6.45, 7) is 10.6. The molecule has 4 spiro atoms. The summed E-state index contributed by atoms with van der Waals surface area (Å²) in [4.78, 5) is 21.8. The van der Waals surface area contributed by atoms with E-state index in [0.29, 0.717) is 17.9 Å². The van der Waals surface area contributed by atoms with Gasteiger partial charge in [-0.25, -0.2) is 0 Å². The van der Waals surface area contributed by atoms with Gasteiger partial charge in [-0.3, -0.25) is 19.9 Å². The molecule has 5 aromatic heterocycles. The first kappa shape index (κ1) is 64.4. The van der Waals surface area contributed by atoms with Crippen LogP contribution >= 0.6 is 22.7 Å². The van der Waals surface area contributed by atoms with Gasteiger partial charge in [-0.1, -0.05) is 74.6 Å². The highest BCUT2D eigenvalue weighted by atomic mass is 32.1. The molecular weight excluding hydrogens is 1200 g/mol. The molecule has 14 heteroatoms. The SMILES string of the molecule is CN1CCc2ccccc2C1CNCC[C@@]1(c2ccc(C3CCC4(C3)C[C@](CCNCC3OCCc5sccc53)(c3ccccn3)CCO4)cn2)CCOC2(CCC(c3ccc([C@]4(CCNCC5OCC6(CCCCC6)c6ccsc65)CCOC5(CCCC5)C4)nc3)C2)C1. The van der Waals surface area contributed by atoms with E-state index in [0.717, 1.165) is 188 Å². The average Bonchev–Trinajstić information content (AvgIpc) is 1.56. The van der Waals surface area contributed by atoms with Crippen LogP contribution in [-0.2, 0) is 58.2 Å². The lowest BCUT2D eigenvalue weighted by atomic mass is 9.67. The lowest BCUT2D eigenvalue weighted by molar-refractivity contribution is -0.105. The maximum absolute atomic E-state index is 7.19. The number of nitrogens with zero attached hydrogens (tertiary/aromatic N) is 4. The van der Waals surface area contributed by atoms with Gasteiger partial charge in [0.2, 0.25) is 0 Å². The van der Waals surface area contributed by atoms with Crippen LogP contribution in [0.15, 0.2) is 108 Å². The average molecular weight is 1310 g/mol. The van der Waals surface area contributed by atoms with Crippen molar-refractivity contribution in [2.75, 3.05) is 85.9 Å². The minimum Gasteiger partial charge on any atom is -0.375 e. The Kier molecular flexibility index (Phi) is 18.8. The Balaban J connectivity index is 0.607. The largest absolute Gasteiger partial charge is 0.375 e. The minimum absolute atomic E-state index is 0.0203. The predicted octanol–water partition coefficient (Wildman–Crippen LogP) is 15.3. The molecule has 12 nitrogen and oxygen atoms in total. The molecule has 6 aliphatic heterocycles. The third-order valence-corrected chi connectivity index (χ3v) is 28.1. The fourth-order valence-electron chi connectivity index (χ4n) is 20.9. The zero-order chi connectivity index (χ0) is 63.1. The lowest BCUT2D eigenvalue weighted by Gasteiger charge is -2.47. The molecule has 0 amide bonds. The molecule has 6 aromatic rings. The smallest absolute Gasteiger partial charge is 0.104 e. The Hall–Kier alpha value is -4.29. The second kappa shape index (κ2) is 27.4. The van der Waals surface area contributed by atoms with E-state index in [9.17, 15) is 0 Å². The number of rotatable bonds is 20. The Bertz CT molecular complexity index is 3500. The van der Waals surface area contributed by atoms with Gasteiger partial charge in [-0.15, -0.1) is 22.7 Å². The van der Waals surface area contributed by atoms with Gasteiger partial charge in [0.05, 0.1) is 36.1 Å². The van der Waals surface area contributed by atoms with Crippen molar-refractivity contribution in [3.63, 3.8) is 0 Å². The van der Waals surface area contributed by atoms with Crippen molar-refractivity contribution in [3.05, 3.63) is 168 Å². The van der Waals surface area contributed by atoms with Crippen molar-refractivity contribution in [1.82, 2.24) is 35.8 Å². The highest BCUT2D eigenvalue weighted by Gasteiger charge is 2.54. The summed E-state index contributed by atoms with van der Waals surface area (Å²) in [5.41, 5.74) is 12.1. The molecule has 7 unspecified atom stereocenters. The van der Waals surface area contributed by atoms with E-state index in [1.165, 1.54) is 112 Å². The first-order valence-electron chi connectivity index (χ1n) is 37.2. The van der Waals surface area contributed by atoms with Gasteiger partial charge in [0.15, 0.2) is 0 Å².